The van der Waals surface area contributed by atoms with E-state index in [-0.39, 0.29) is 47.6 Å². The van der Waals surface area contributed by atoms with E-state index >= 15 is 0 Å². The molecule has 1 saturated carbocycles. The van der Waals surface area contributed by atoms with Gasteiger partial charge in [-0.2, -0.15) is 0 Å². The van der Waals surface area contributed by atoms with Gasteiger partial charge in [-0.3, -0.25) is 0 Å². The van der Waals surface area contributed by atoms with Crippen LogP contribution in [0.1, 0.15) is 59.4 Å². The van der Waals surface area contributed by atoms with Crippen molar-refractivity contribution in [3.63, 3.8) is 0 Å². The van der Waals surface area contributed by atoms with E-state index in [0.29, 0.717) is 31.1 Å². The van der Waals surface area contributed by atoms with Crippen molar-refractivity contribution in [2.45, 2.75) is 64.6 Å². The first-order chi connectivity index (χ1) is 19.0. The van der Waals surface area contributed by atoms with Crippen LogP contribution in [-0.2, 0) is 21.2 Å². The van der Waals surface area contributed by atoms with Crippen molar-refractivity contribution < 1.29 is 62.1 Å². The third-order valence-corrected chi connectivity index (χ3v) is 9.00. The van der Waals surface area contributed by atoms with Crippen LogP contribution in [0.4, 0.5) is 0 Å². The quantitative estimate of drug-likeness (QED) is 0.250. The zero-order valence-corrected chi connectivity index (χ0v) is 27.2. The molecule has 5 rings (SSSR count). The van der Waals surface area contributed by atoms with E-state index in [0.717, 1.165) is 57.5 Å². The van der Waals surface area contributed by atoms with E-state index < -0.39 is 21.4 Å². The van der Waals surface area contributed by atoms with Crippen LogP contribution in [0.2, 0.25) is 0 Å². The number of carboxylic acid groups (broad SMARTS) is 1. The molecular weight excluding hydrogens is 551 g/mol. The molecule has 0 radical (unpaired) electrons. The molecular formula is C32H35NaO7S. The van der Waals surface area contributed by atoms with E-state index in [9.17, 15) is 18.3 Å². The minimum Gasteiger partial charge on any atom is -0.550 e. The first-order valence-corrected chi connectivity index (χ1v) is 15.7. The molecule has 0 bridgehead atoms. The number of fused-ring (bicyclic) bond motifs is 1. The third kappa shape index (κ3) is 7.11. The second-order valence-electron chi connectivity index (χ2n) is 11.1. The van der Waals surface area contributed by atoms with Gasteiger partial charge in [0.1, 0.15) is 39.3 Å². The fraction of sp³-hybridized carbons (Fsp3) is 0.406. The van der Waals surface area contributed by atoms with Gasteiger partial charge in [0.15, 0.2) is 0 Å². The smallest absolute Gasteiger partial charge is 0.550 e. The Morgan fingerprint density at radius 2 is 1.73 bits per heavy atom. The first kappa shape index (κ1) is 31.4. The molecule has 3 aromatic rings. The van der Waals surface area contributed by atoms with Crippen molar-refractivity contribution in [2.75, 3.05) is 18.6 Å². The van der Waals surface area contributed by atoms with Crippen LogP contribution in [0, 0.1) is 20.8 Å². The first-order valence-electron chi connectivity index (χ1n) is 13.6. The van der Waals surface area contributed by atoms with Gasteiger partial charge in [-0.15, -0.1) is 0 Å². The average Bonchev–Trinajstić information content (AvgIpc) is 3.58. The summed E-state index contributed by atoms with van der Waals surface area (Å²) < 4.78 is 40.9. The molecule has 7 nitrogen and oxygen atoms in total. The van der Waals surface area contributed by atoms with Crippen LogP contribution in [0.5, 0.6) is 17.2 Å². The van der Waals surface area contributed by atoms with Crippen LogP contribution >= 0.6 is 0 Å². The summed E-state index contributed by atoms with van der Waals surface area (Å²) in [6.45, 7) is 6.93. The average molecular weight is 587 g/mol. The van der Waals surface area contributed by atoms with Gasteiger partial charge in [-0.1, -0.05) is 24.3 Å². The topological polar surface area (TPSA) is 102 Å². The van der Waals surface area contributed by atoms with Crippen LogP contribution in [0.3, 0.4) is 0 Å². The fourth-order valence-electron chi connectivity index (χ4n) is 5.81. The summed E-state index contributed by atoms with van der Waals surface area (Å²) in [5.74, 6) is 1.00. The summed E-state index contributed by atoms with van der Waals surface area (Å²) in [6, 6.07) is 15.9. The van der Waals surface area contributed by atoms with Crippen molar-refractivity contribution >= 4 is 15.8 Å². The molecule has 1 spiro atoms. The maximum atomic E-state index is 11.4. The zero-order chi connectivity index (χ0) is 28.7. The molecule has 1 fully saturated rings. The monoisotopic (exact) mass is 586 g/mol. The molecule has 1 aliphatic carbocycles. The van der Waals surface area contributed by atoms with Gasteiger partial charge in [-0.05, 0) is 98.0 Å². The molecule has 1 unspecified atom stereocenters. The normalized spacial score (nSPS) is 16.4. The molecule has 41 heavy (non-hydrogen) atoms. The van der Waals surface area contributed by atoms with E-state index in [1.54, 1.807) is 0 Å². The van der Waals surface area contributed by atoms with Gasteiger partial charge in [0.2, 0.25) is 0 Å². The van der Waals surface area contributed by atoms with Gasteiger partial charge in [0, 0.05) is 29.8 Å². The molecule has 0 aromatic heterocycles. The molecule has 1 atom stereocenters. The van der Waals surface area contributed by atoms with Crippen LogP contribution in [-0.4, -0.2) is 38.6 Å². The van der Waals surface area contributed by atoms with Gasteiger partial charge in [0.25, 0.3) is 0 Å². The number of carbonyl (C=O) groups is 1. The minimum absolute atomic E-state index is 0. The van der Waals surface area contributed by atoms with Gasteiger partial charge in [0.05, 0.1) is 12.4 Å². The molecule has 0 N–H and O–H groups in total. The Balaban J connectivity index is 0.00000387. The van der Waals surface area contributed by atoms with E-state index in [4.69, 9.17) is 14.2 Å². The Labute approximate surface area is 264 Å². The number of rotatable bonds is 11. The van der Waals surface area contributed by atoms with Crippen molar-refractivity contribution in [1.29, 1.82) is 0 Å². The van der Waals surface area contributed by atoms with Crippen molar-refractivity contribution in [1.82, 2.24) is 0 Å². The summed E-state index contributed by atoms with van der Waals surface area (Å²) in [6.07, 6.45) is 3.37. The molecule has 0 saturated heterocycles. The number of carbonyl (C=O) groups excluding carboxylic acids is 1. The Kier molecular flexibility index (Phi) is 9.48. The van der Waals surface area contributed by atoms with E-state index in [1.165, 1.54) is 6.26 Å². The molecule has 3 aromatic carbocycles. The summed E-state index contributed by atoms with van der Waals surface area (Å²) >= 11 is 0. The van der Waals surface area contributed by atoms with Gasteiger partial charge >= 0.3 is 29.6 Å². The number of sulfone groups is 1. The standard InChI is InChI=1S/C32H36O7S.Na/c1-20-15-25(37-13-6-14-40(4,35)36)16-21(2)31(20)26-8-5-7-23(22(26)3)19-38-24-9-10-27-28(18-30(33)34)32(11-12-32)39-29(27)17-24;/h5,7-10,15-17,28H,6,11-14,18-19H2,1-4H3,(H,33,34);/q;+1/p-1. The Morgan fingerprint density at radius 1 is 1.02 bits per heavy atom. The molecule has 1 aliphatic heterocycles. The second-order valence-corrected chi connectivity index (χ2v) is 13.4. The minimum atomic E-state index is -3.00. The van der Waals surface area contributed by atoms with Crippen LogP contribution < -0.4 is 48.9 Å². The molecule has 0 amide bonds. The molecule has 2 aliphatic rings. The number of hydrogen-bond acceptors (Lipinski definition) is 7. The maximum Gasteiger partial charge on any atom is 1.00 e. The van der Waals surface area contributed by atoms with Crippen molar-refractivity contribution in [2.24, 2.45) is 0 Å². The number of benzene rings is 3. The number of aliphatic carboxylic acids is 1. The SMILES string of the molecule is Cc1cc(OCCCS(C)(=O)=O)cc(C)c1-c1cccc(COc2ccc3c(c2)OC2(CC2)C3CC(=O)[O-])c1C.[Na+]. The van der Waals surface area contributed by atoms with Crippen molar-refractivity contribution in [3.05, 3.63) is 76.3 Å². The predicted molar refractivity (Wildman–Crippen MR) is 152 cm³/mol. The van der Waals surface area contributed by atoms with Crippen LogP contribution in [0.25, 0.3) is 11.1 Å². The Morgan fingerprint density at radius 3 is 2.37 bits per heavy atom. The summed E-state index contributed by atoms with van der Waals surface area (Å²) in [5.41, 5.74) is 7.14. The summed E-state index contributed by atoms with van der Waals surface area (Å²) in [7, 11) is -3.00. The van der Waals surface area contributed by atoms with E-state index in [2.05, 4.69) is 32.9 Å². The molecule has 1 heterocycles. The number of ether oxygens (including phenoxy) is 3. The number of hydrogen-bond donors (Lipinski definition) is 0. The van der Waals surface area contributed by atoms with Crippen molar-refractivity contribution in [3.8, 4) is 28.4 Å². The van der Waals surface area contributed by atoms with E-state index in [1.807, 2.05) is 36.4 Å². The number of aryl methyl sites for hydroxylation is 2. The molecule has 212 valence electrons. The predicted octanol–water partition coefficient (Wildman–Crippen LogP) is 1.82. The molecule has 9 heteroatoms. The fourth-order valence-corrected chi connectivity index (χ4v) is 6.45. The zero-order valence-electron chi connectivity index (χ0n) is 24.4. The summed E-state index contributed by atoms with van der Waals surface area (Å²) in [5, 5.41) is 11.3. The largest absolute Gasteiger partial charge is 1.00 e. The Hall–Kier alpha value is -2.52. The van der Waals surface area contributed by atoms with Gasteiger partial charge in [-0.25, -0.2) is 8.42 Å². The Bertz CT molecular complexity index is 1540. The van der Waals surface area contributed by atoms with Crippen LogP contribution in [0.15, 0.2) is 48.5 Å². The van der Waals surface area contributed by atoms with Gasteiger partial charge < -0.3 is 24.1 Å². The number of carboxylic acids is 1. The maximum absolute atomic E-state index is 11.4. The second kappa shape index (κ2) is 12.4. The third-order valence-electron chi connectivity index (χ3n) is 7.97. The summed E-state index contributed by atoms with van der Waals surface area (Å²) in [4.78, 5) is 11.3.